The Kier molecular flexibility index (Phi) is 7.87. The minimum Gasteiger partial charge on any atom is -0.485 e. The molecule has 0 amide bonds. The molecular weight excluding hydrogens is 460 g/mol. The van der Waals surface area contributed by atoms with Crippen molar-refractivity contribution in [2.75, 3.05) is 32.5 Å². The maximum atomic E-state index is 12.7. The smallest absolute Gasteiger partial charge is 0.243 e. The second kappa shape index (κ2) is 10.2. The lowest BCUT2D eigenvalue weighted by molar-refractivity contribution is 0.0925. The quantitative estimate of drug-likeness (QED) is 0.516. The summed E-state index contributed by atoms with van der Waals surface area (Å²) < 4.78 is 57.0. The van der Waals surface area contributed by atoms with Crippen molar-refractivity contribution in [1.82, 2.24) is 9.03 Å². The summed E-state index contributed by atoms with van der Waals surface area (Å²) in [5, 5.41) is 0. The molecule has 1 aromatic heterocycles. The number of ether oxygens (including phenoxy) is 1. The predicted octanol–water partition coefficient (Wildman–Crippen LogP) is 2.28. The van der Waals surface area contributed by atoms with Gasteiger partial charge in [-0.25, -0.2) is 21.6 Å². The van der Waals surface area contributed by atoms with E-state index in [1.54, 1.807) is 24.3 Å². The van der Waals surface area contributed by atoms with Crippen LogP contribution in [0.5, 0.6) is 5.75 Å². The molecule has 2 heterocycles. The third-order valence-electron chi connectivity index (χ3n) is 4.82. The summed E-state index contributed by atoms with van der Waals surface area (Å²) in [6.07, 6.45) is 4.40. The van der Waals surface area contributed by atoms with Gasteiger partial charge in [0.2, 0.25) is 25.8 Å². The summed E-state index contributed by atoms with van der Waals surface area (Å²) in [5.41, 5.74) is 0. The van der Waals surface area contributed by atoms with E-state index in [4.69, 9.17) is 4.74 Å². The van der Waals surface area contributed by atoms with E-state index in [0.717, 1.165) is 30.4 Å². The zero-order valence-corrected chi connectivity index (χ0v) is 19.7. The van der Waals surface area contributed by atoms with Gasteiger partial charge in [-0.2, -0.15) is 4.31 Å². The van der Waals surface area contributed by atoms with Gasteiger partial charge in [0.1, 0.15) is 5.75 Å². The lowest BCUT2D eigenvalue weighted by Crippen LogP contribution is -2.35. The molecule has 0 radical (unpaired) electrons. The Balaban J connectivity index is 1.52. The zero-order chi connectivity index (χ0) is 22.5. The number of thiophene rings is 1. The van der Waals surface area contributed by atoms with Crippen molar-refractivity contribution in [3.05, 3.63) is 46.2 Å². The molecule has 0 saturated carbocycles. The molecule has 1 saturated heterocycles. The summed E-state index contributed by atoms with van der Waals surface area (Å²) in [7, 11) is -6.73. The van der Waals surface area contributed by atoms with Gasteiger partial charge in [-0.15, -0.1) is 11.3 Å². The first-order valence-corrected chi connectivity index (χ1v) is 14.1. The van der Waals surface area contributed by atoms with Crippen molar-refractivity contribution in [1.29, 1.82) is 0 Å². The first kappa shape index (κ1) is 23.9. The number of carbonyl (C=O) groups excluding carboxylic acids is 1. The highest BCUT2D eigenvalue weighted by molar-refractivity contribution is 7.89. The van der Waals surface area contributed by atoms with Crippen LogP contribution in [0.1, 0.15) is 33.8 Å². The van der Waals surface area contributed by atoms with Crippen molar-refractivity contribution >= 4 is 37.2 Å². The number of carbonyl (C=O) groups is 1. The van der Waals surface area contributed by atoms with Crippen LogP contribution < -0.4 is 9.46 Å². The van der Waals surface area contributed by atoms with E-state index in [1.807, 2.05) is 0 Å². The maximum Gasteiger partial charge on any atom is 0.243 e. The summed E-state index contributed by atoms with van der Waals surface area (Å²) >= 11 is 1.30. The van der Waals surface area contributed by atoms with E-state index in [2.05, 4.69) is 4.72 Å². The van der Waals surface area contributed by atoms with E-state index < -0.39 is 20.0 Å². The Labute approximate surface area is 187 Å². The summed E-state index contributed by atoms with van der Waals surface area (Å²) in [4.78, 5) is 14.0. The number of benzene rings is 1. The van der Waals surface area contributed by atoms with E-state index in [-0.39, 0.29) is 23.8 Å². The highest BCUT2D eigenvalue weighted by Crippen LogP contribution is 2.23. The summed E-state index contributed by atoms with van der Waals surface area (Å²) in [6, 6.07) is 9.60. The number of sulfonamides is 2. The summed E-state index contributed by atoms with van der Waals surface area (Å²) in [5.74, 6) is 0.220. The van der Waals surface area contributed by atoms with Crippen LogP contribution in [-0.4, -0.2) is 59.4 Å². The van der Waals surface area contributed by atoms with E-state index >= 15 is 0 Å². The number of ketones is 1. The molecule has 0 spiro atoms. The largest absolute Gasteiger partial charge is 0.485 e. The number of nitrogens with one attached hydrogen (secondary N) is 1. The van der Waals surface area contributed by atoms with Gasteiger partial charge < -0.3 is 4.74 Å². The second-order valence-corrected chi connectivity index (χ2v) is 12.3. The maximum absolute atomic E-state index is 12.7. The van der Waals surface area contributed by atoms with Crippen LogP contribution >= 0.6 is 11.3 Å². The molecule has 2 aromatic rings. The number of rotatable bonds is 10. The van der Waals surface area contributed by atoms with E-state index in [1.165, 1.54) is 27.8 Å². The molecule has 31 heavy (non-hydrogen) atoms. The molecule has 8 nitrogen and oxygen atoms in total. The molecule has 170 valence electrons. The van der Waals surface area contributed by atoms with Gasteiger partial charge in [0.05, 0.1) is 16.0 Å². The average molecular weight is 487 g/mol. The van der Waals surface area contributed by atoms with Crippen LogP contribution in [0.3, 0.4) is 0 Å². The van der Waals surface area contributed by atoms with Gasteiger partial charge in [-0.1, -0.05) is 6.42 Å². The van der Waals surface area contributed by atoms with Crippen LogP contribution in [0.2, 0.25) is 0 Å². The van der Waals surface area contributed by atoms with Crippen LogP contribution in [0.25, 0.3) is 0 Å². The number of Topliss-reactive ketones (excluding diaryl/α,β-unsaturated/α-hetero) is 1. The Morgan fingerprint density at radius 3 is 2.35 bits per heavy atom. The molecule has 11 heteroatoms. The number of nitrogens with zero attached hydrogens (tertiary/aromatic N) is 1. The second-order valence-electron chi connectivity index (χ2n) is 7.33. The van der Waals surface area contributed by atoms with Crippen LogP contribution in [0.15, 0.2) is 41.3 Å². The molecule has 0 atom stereocenters. The van der Waals surface area contributed by atoms with Crippen LogP contribution in [0.4, 0.5) is 0 Å². The Hall–Kier alpha value is -1.79. The first-order valence-electron chi connectivity index (χ1n) is 9.95. The zero-order valence-electron chi connectivity index (χ0n) is 17.2. The number of hydrogen-bond donors (Lipinski definition) is 1. The molecule has 1 aromatic carbocycles. The summed E-state index contributed by atoms with van der Waals surface area (Å²) in [6.45, 7) is 1.19. The minimum atomic E-state index is -3.50. The normalized spacial score (nSPS) is 15.6. The molecule has 1 fully saturated rings. The van der Waals surface area contributed by atoms with Crippen molar-refractivity contribution in [3.63, 3.8) is 0 Å². The number of hydrogen-bond acceptors (Lipinski definition) is 7. The van der Waals surface area contributed by atoms with Crippen molar-refractivity contribution in [3.8, 4) is 5.75 Å². The Bertz CT molecular complexity index is 1100. The van der Waals surface area contributed by atoms with Gasteiger partial charge in [-0.05, 0) is 55.7 Å². The van der Waals surface area contributed by atoms with Crippen LogP contribution in [0, 0.1) is 0 Å². The molecule has 1 aliphatic heterocycles. The standard InChI is InChI=1S/C20H26N2O6S3/c1-30(24,25)21-12-11-17-7-10-20(29-17)19(23)15-28-16-5-8-18(9-6-16)31(26,27)22-13-3-2-4-14-22/h5-10,21H,2-4,11-15H2,1H3. The van der Waals surface area contributed by atoms with Crippen LogP contribution in [-0.2, 0) is 26.5 Å². The third-order valence-corrected chi connectivity index (χ3v) is 8.65. The molecule has 3 rings (SSSR count). The fourth-order valence-corrected chi connectivity index (χ4v) is 6.13. The molecule has 0 unspecified atom stereocenters. The topological polar surface area (TPSA) is 110 Å². The minimum absolute atomic E-state index is 0.167. The van der Waals surface area contributed by atoms with Crippen molar-refractivity contribution < 1.29 is 26.4 Å². The lowest BCUT2D eigenvalue weighted by Gasteiger charge is -2.25. The predicted molar refractivity (Wildman–Crippen MR) is 120 cm³/mol. The highest BCUT2D eigenvalue weighted by Gasteiger charge is 2.25. The molecule has 0 bridgehead atoms. The molecule has 1 N–H and O–H groups in total. The fraction of sp³-hybridized carbons (Fsp3) is 0.450. The van der Waals surface area contributed by atoms with E-state index in [9.17, 15) is 21.6 Å². The monoisotopic (exact) mass is 486 g/mol. The van der Waals surface area contributed by atoms with Gasteiger partial charge >= 0.3 is 0 Å². The fourth-order valence-electron chi connectivity index (χ4n) is 3.20. The molecular formula is C20H26N2O6S3. The van der Waals surface area contributed by atoms with E-state index in [0.29, 0.717) is 30.1 Å². The SMILES string of the molecule is CS(=O)(=O)NCCc1ccc(C(=O)COc2ccc(S(=O)(=O)N3CCCCC3)cc2)s1. The average Bonchev–Trinajstić information content (AvgIpc) is 3.21. The number of piperidine rings is 1. The lowest BCUT2D eigenvalue weighted by atomic mass is 10.2. The van der Waals surface area contributed by atoms with Crippen molar-refractivity contribution in [2.45, 2.75) is 30.6 Å². The van der Waals surface area contributed by atoms with Gasteiger partial charge in [0.15, 0.2) is 6.61 Å². The highest BCUT2D eigenvalue weighted by atomic mass is 32.2. The first-order chi connectivity index (χ1) is 14.6. The Morgan fingerprint density at radius 1 is 1.03 bits per heavy atom. The molecule has 0 aliphatic carbocycles. The van der Waals surface area contributed by atoms with Crippen molar-refractivity contribution in [2.24, 2.45) is 0 Å². The molecule has 1 aliphatic rings. The third kappa shape index (κ3) is 6.84. The van der Waals surface area contributed by atoms with Gasteiger partial charge in [0.25, 0.3) is 0 Å². The van der Waals surface area contributed by atoms with Gasteiger partial charge in [-0.3, -0.25) is 4.79 Å². The Morgan fingerprint density at radius 2 is 1.71 bits per heavy atom. The van der Waals surface area contributed by atoms with Gasteiger partial charge in [0, 0.05) is 24.5 Å².